The van der Waals surface area contributed by atoms with E-state index in [1.807, 2.05) is 41.4 Å². The second-order valence-corrected chi connectivity index (χ2v) is 11.0. The summed E-state index contributed by atoms with van der Waals surface area (Å²) in [7, 11) is 0. The fourth-order valence-corrected chi connectivity index (χ4v) is 6.26. The third kappa shape index (κ3) is 4.61. The molecule has 36 heavy (non-hydrogen) atoms. The minimum Gasteiger partial charge on any atom is -0.393 e. The topological polar surface area (TPSA) is 83.3 Å². The molecule has 2 saturated carbocycles. The molecule has 6 rings (SSSR count). The van der Waals surface area contributed by atoms with Crippen LogP contribution >= 0.6 is 0 Å². The van der Waals surface area contributed by atoms with E-state index in [0.29, 0.717) is 18.0 Å². The number of nitrogens with zero attached hydrogens (tertiary/aromatic N) is 4. The fraction of sp³-hybridized carbons (Fsp3) is 0.552. The van der Waals surface area contributed by atoms with E-state index < -0.39 is 0 Å². The number of hydrogen-bond donors (Lipinski definition) is 2. The molecule has 0 radical (unpaired) electrons. The summed E-state index contributed by atoms with van der Waals surface area (Å²) < 4.78 is 2.37. The molecule has 3 aromatic rings. The standard InChI is InChI=1S/C29H37N5O2/c1-2-19-16-26(19)31-29-30-17-24-25(18-34(27(24)32-29)22-8-10-23(35)11-9-22)20-12-14-33(15-13-20)28(36)21-6-4-3-5-7-21/h3-7,17-20,22-23,26,35H,2,8-16H2,1H3,(H,30,31,32)/t19-,22?,23?,26-/m0/s1. The maximum Gasteiger partial charge on any atom is 0.253 e. The average Bonchev–Trinajstić information content (AvgIpc) is 3.58. The predicted molar refractivity (Wildman–Crippen MR) is 141 cm³/mol. The number of aliphatic hydroxyl groups is 1. The second kappa shape index (κ2) is 9.85. The average molecular weight is 488 g/mol. The summed E-state index contributed by atoms with van der Waals surface area (Å²) >= 11 is 0. The highest BCUT2D eigenvalue weighted by molar-refractivity contribution is 5.94. The van der Waals surface area contributed by atoms with Gasteiger partial charge >= 0.3 is 0 Å². The maximum atomic E-state index is 12.9. The SMILES string of the molecule is CC[C@H]1C[C@@H]1Nc1ncc2c(C3CCN(C(=O)c4ccccc4)CC3)cn(C3CCC(O)CC3)c2n1. The Bertz CT molecular complexity index is 1210. The van der Waals surface area contributed by atoms with Crippen LogP contribution in [0.15, 0.2) is 42.7 Å². The normalized spacial score (nSPS) is 26.8. The van der Waals surface area contributed by atoms with Crippen molar-refractivity contribution in [3.8, 4) is 0 Å². The smallest absolute Gasteiger partial charge is 0.253 e. The lowest BCUT2D eigenvalue weighted by Crippen LogP contribution is -2.37. The number of anilines is 1. The molecule has 7 nitrogen and oxygen atoms in total. The lowest BCUT2D eigenvalue weighted by atomic mass is 9.89. The molecule has 3 heterocycles. The summed E-state index contributed by atoms with van der Waals surface area (Å²) in [6.45, 7) is 3.77. The number of fused-ring (bicyclic) bond motifs is 1. The number of rotatable bonds is 6. The van der Waals surface area contributed by atoms with Gasteiger partial charge in [0.1, 0.15) is 5.65 Å². The molecule has 1 amide bonds. The Morgan fingerprint density at radius 1 is 1.08 bits per heavy atom. The van der Waals surface area contributed by atoms with Crippen LogP contribution in [-0.4, -0.2) is 55.7 Å². The van der Waals surface area contributed by atoms with Gasteiger partial charge in [0.25, 0.3) is 5.91 Å². The zero-order valence-electron chi connectivity index (χ0n) is 21.1. The molecule has 0 bridgehead atoms. The Hall–Kier alpha value is -2.93. The number of aromatic nitrogens is 3. The summed E-state index contributed by atoms with van der Waals surface area (Å²) in [5, 5.41) is 14.8. The maximum absolute atomic E-state index is 12.9. The first-order chi connectivity index (χ1) is 17.6. The number of piperidine rings is 1. The number of hydrogen-bond acceptors (Lipinski definition) is 5. The molecule has 2 aromatic heterocycles. The molecule has 1 saturated heterocycles. The highest BCUT2D eigenvalue weighted by Gasteiger charge is 2.36. The van der Waals surface area contributed by atoms with Crippen LogP contribution < -0.4 is 5.32 Å². The number of nitrogens with one attached hydrogen (secondary N) is 1. The molecule has 1 aromatic carbocycles. The van der Waals surface area contributed by atoms with E-state index in [0.717, 1.165) is 80.1 Å². The Morgan fingerprint density at radius 2 is 1.83 bits per heavy atom. The third-order valence-electron chi connectivity index (χ3n) is 8.67. The van der Waals surface area contributed by atoms with E-state index in [1.54, 1.807) is 0 Å². The van der Waals surface area contributed by atoms with Crippen LogP contribution in [0.2, 0.25) is 0 Å². The first-order valence-electron chi connectivity index (χ1n) is 13.8. The van der Waals surface area contributed by atoms with Gasteiger partial charge in [-0.15, -0.1) is 0 Å². The van der Waals surface area contributed by atoms with E-state index in [1.165, 1.54) is 18.4 Å². The van der Waals surface area contributed by atoms with Crippen molar-refractivity contribution in [1.82, 2.24) is 19.4 Å². The number of carbonyl (C=O) groups is 1. The molecular weight excluding hydrogens is 450 g/mol. The molecular formula is C29H37N5O2. The number of aliphatic hydroxyl groups excluding tert-OH is 1. The molecule has 2 aliphatic carbocycles. The highest BCUT2D eigenvalue weighted by atomic mass is 16.3. The summed E-state index contributed by atoms with van der Waals surface area (Å²) in [6.07, 6.45) is 12.1. The van der Waals surface area contributed by atoms with Crippen molar-refractivity contribution in [2.75, 3.05) is 18.4 Å². The van der Waals surface area contributed by atoms with Crippen LogP contribution in [0.5, 0.6) is 0 Å². The van der Waals surface area contributed by atoms with E-state index in [9.17, 15) is 9.90 Å². The summed E-state index contributed by atoms with van der Waals surface area (Å²) in [4.78, 5) is 24.7. The first-order valence-corrected chi connectivity index (χ1v) is 13.8. The van der Waals surface area contributed by atoms with Gasteiger partial charge in [-0.3, -0.25) is 4.79 Å². The zero-order chi connectivity index (χ0) is 24.6. The minimum absolute atomic E-state index is 0.127. The number of likely N-dealkylation sites (tertiary alicyclic amines) is 1. The largest absolute Gasteiger partial charge is 0.393 e. The van der Waals surface area contributed by atoms with Crippen LogP contribution in [0, 0.1) is 5.92 Å². The van der Waals surface area contributed by atoms with Gasteiger partial charge in [-0.2, -0.15) is 4.98 Å². The highest BCUT2D eigenvalue weighted by Crippen LogP contribution is 2.39. The molecule has 1 aliphatic heterocycles. The van der Waals surface area contributed by atoms with Gasteiger partial charge in [0, 0.05) is 48.5 Å². The van der Waals surface area contributed by atoms with Crippen molar-refractivity contribution >= 4 is 22.9 Å². The van der Waals surface area contributed by atoms with Crippen molar-refractivity contribution in [2.24, 2.45) is 5.92 Å². The van der Waals surface area contributed by atoms with Gasteiger partial charge in [-0.25, -0.2) is 4.98 Å². The van der Waals surface area contributed by atoms with Crippen molar-refractivity contribution in [2.45, 2.75) is 82.4 Å². The van der Waals surface area contributed by atoms with Gasteiger partial charge < -0.3 is 19.9 Å². The van der Waals surface area contributed by atoms with Gasteiger partial charge in [0.15, 0.2) is 0 Å². The molecule has 0 unspecified atom stereocenters. The molecule has 190 valence electrons. The van der Waals surface area contributed by atoms with Crippen molar-refractivity contribution < 1.29 is 9.90 Å². The monoisotopic (exact) mass is 487 g/mol. The molecule has 2 N–H and O–H groups in total. The van der Waals surface area contributed by atoms with Crippen LogP contribution in [-0.2, 0) is 0 Å². The Balaban J connectivity index is 1.24. The molecule has 3 aliphatic rings. The first kappa shape index (κ1) is 23.5. The second-order valence-electron chi connectivity index (χ2n) is 11.0. The van der Waals surface area contributed by atoms with E-state index in [2.05, 4.69) is 23.0 Å². The summed E-state index contributed by atoms with van der Waals surface area (Å²) in [6, 6.07) is 10.4. The number of benzene rings is 1. The zero-order valence-corrected chi connectivity index (χ0v) is 21.1. The number of amides is 1. The van der Waals surface area contributed by atoms with Crippen molar-refractivity contribution in [3.05, 3.63) is 53.9 Å². The molecule has 2 atom stereocenters. The Labute approximate surface area is 212 Å². The van der Waals surface area contributed by atoms with Gasteiger partial charge in [-0.1, -0.05) is 31.5 Å². The van der Waals surface area contributed by atoms with Crippen molar-refractivity contribution in [1.29, 1.82) is 0 Å². The van der Waals surface area contributed by atoms with Gasteiger partial charge in [0.05, 0.1) is 6.10 Å². The van der Waals surface area contributed by atoms with Crippen LogP contribution in [0.4, 0.5) is 5.95 Å². The van der Waals surface area contributed by atoms with Crippen LogP contribution in [0.3, 0.4) is 0 Å². The number of carbonyl (C=O) groups excluding carboxylic acids is 1. The van der Waals surface area contributed by atoms with Gasteiger partial charge in [0.2, 0.25) is 5.95 Å². The summed E-state index contributed by atoms with van der Waals surface area (Å²) in [5.41, 5.74) is 3.09. The predicted octanol–water partition coefficient (Wildman–Crippen LogP) is 5.14. The van der Waals surface area contributed by atoms with Gasteiger partial charge in [-0.05, 0) is 74.5 Å². The van der Waals surface area contributed by atoms with E-state index in [-0.39, 0.29) is 12.0 Å². The molecule has 7 heteroatoms. The Morgan fingerprint density at radius 3 is 2.53 bits per heavy atom. The quantitative estimate of drug-likeness (QED) is 0.503. The molecule has 0 spiro atoms. The third-order valence-corrected chi connectivity index (χ3v) is 8.67. The van der Waals surface area contributed by atoms with E-state index >= 15 is 0 Å². The molecule has 3 fully saturated rings. The Kier molecular flexibility index (Phi) is 6.42. The minimum atomic E-state index is -0.179. The summed E-state index contributed by atoms with van der Waals surface area (Å²) in [5.74, 6) is 1.98. The lowest BCUT2D eigenvalue weighted by molar-refractivity contribution is 0.0713. The van der Waals surface area contributed by atoms with Crippen LogP contribution in [0.25, 0.3) is 11.0 Å². The fourth-order valence-electron chi connectivity index (χ4n) is 6.26. The van der Waals surface area contributed by atoms with Crippen molar-refractivity contribution in [3.63, 3.8) is 0 Å². The van der Waals surface area contributed by atoms with Crippen LogP contribution in [0.1, 0.15) is 86.2 Å². The van der Waals surface area contributed by atoms with E-state index in [4.69, 9.17) is 9.97 Å². The lowest BCUT2D eigenvalue weighted by Gasteiger charge is -2.32.